The SMILES string of the molecule is Nc1n[nH]c(CSc2ccc(Cl)cc2NS(=O)(=O)c2cc3ccccc3o2)n1. The summed E-state index contributed by atoms with van der Waals surface area (Å²) in [6, 6.07) is 13.5. The number of halogens is 1. The molecule has 144 valence electrons. The molecule has 0 amide bonds. The van der Waals surface area contributed by atoms with E-state index >= 15 is 0 Å². The minimum Gasteiger partial charge on any atom is -0.443 e. The molecule has 28 heavy (non-hydrogen) atoms. The van der Waals surface area contributed by atoms with Crippen molar-refractivity contribution in [3.05, 3.63) is 59.4 Å². The Kier molecular flexibility index (Phi) is 4.92. The molecule has 2 aromatic heterocycles. The fourth-order valence-corrected chi connectivity index (χ4v) is 4.64. The van der Waals surface area contributed by atoms with Gasteiger partial charge in [0.15, 0.2) is 0 Å². The highest BCUT2D eigenvalue weighted by Gasteiger charge is 2.21. The third kappa shape index (κ3) is 3.93. The number of furan rings is 1. The van der Waals surface area contributed by atoms with Crippen molar-refractivity contribution in [2.24, 2.45) is 0 Å². The standard InChI is InChI=1S/C17H14ClN5O3S2/c18-11-5-6-14(27-9-15-20-17(19)22-21-15)12(8-11)23-28(24,25)16-7-10-3-1-2-4-13(10)26-16/h1-8,23H,9H2,(H3,19,20,21,22). The van der Waals surface area contributed by atoms with E-state index in [2.05, 4.69) is 19.9 Å². The number of rotatable bonds is 6. The third-order valence-corrected chi connectivity index (χ3v) is 6.31. The molecule has 4 rings (SSSR count). The zero-order chi connectivity index (χ0) is 19.7. The second-order valence-corrected chi connectivity index (χ2v) is 8.85. The van der Waals surface area contributed by atoms with E-state index in [1.165, 1.54) is 17.8 Å². The van der Waals surface area contributed by atoms with Gasteiger partial charge >= 0.3 is 0 Å². The van der Waals surface area contributed by atoms with Gasteiger partial charge in [-0.25, -0.2) is 0 Å². The van der Waals surface area contributed by atoms with Gasteiger partial charge in [0, 0.05) is 21.4 Å². The Morgan fingerprint density at radius 2 is 2.04 bits per heavy atom. The molecule has 2 aromatic carbocycles. The van der Waals surface area contributed by atoms with Crippen molar-refractivity contribution < 1.29 is 12.8 Å². The Morgan fingerprint density at radius 3 is 2.79 bits per heavy atom. The maximum Gasteiger partial charge on any atom is 0.295 e. The summed E-state index contributed by atoms with van der Waals surface area (Å²) in [6.45, 7) is 0. The van der Waals surface area contributed by atoms with Crippen LogP contribution in [0.15, 0.2) is 62.9 Å². The van der Waals surface area contributed by atoms with Crippen LogP contribution < -0.4 is 10.5 Å². The van der Waals surface area contributed by atoms with E-state index in [4.69, 9.17) is 21.8 Å². The summed E-state index contributed by atoms with van der Waals surface area (Å²) < 4.78 is 33.6. The van der Waals surface area contributed by atoms with Crippen LogP contribution in [0.4, 0.5) is 11.6 Å². The number of nitrogen functional groups attached to an aromatic ring is 1. The lowest BCUT2D eigenvalue weighted by Gasteiger charge is -2.11. The molecule has 0 radical (unpaired) electrons. The molecular formula is C17H14ClN5O3S2. The first kappa shape index (κ1) is 18.7. The molecule has 0 atom stereocenters. The van der Waals surface area contributed by atoms with E-state index in [1.54, 1.807) is 36.4 Å². The van der Waals surface area contributed by atoms with Crippen molar-refractivity contribution in [1.82, 2.24) is 15.2 Å². The zero-order valence-corrected chi connectivity index (χ0v) is 16.6. The lowest BCUT2D eigenvalue weighted by atomic mass is 10.3. The molecule has 0 saturated heterocycles. The van der Waals surface area contributed by atoms with Crippen LogP contribution in [0, 0.1) is 0 Å². The number of benzene rings is 2. The van der Waals surface area contributed by atoms with Gasteiger partial charge in [-0.2, -0.15) is 13.4 Å². The number of aromatic nitrogens is 3. The van der Waals surface area contributed by atoms with E-state index in [-0.39, 0.29) is 11.0 Å². The van der Waals surface area contributed by atoms with Crippen LogP contribution in [0.2, 0.25) is 5.02 Å². The van der Waals surface area contributed by atoms with Crippen molar-refractivity contribution in [2.45, 2.75) is 15.7 Å². The van der Waals surface area contributed by atoms with Gasteiger partial charge in [-0.3, -0.25) is 9.82 Å². The number of H-pyrrole nitrogens is 1. The topological polar surface area (TPSA) is 127 Å². The Balaban J connectivity index is 1.61. The molecule has 0 saturated carbocycles. The highest BCUT2D eigenvalue weighted by Crippen LogP contribution is 2.34. The predicted octanol–water partition coefficient (Wildman–Crippen LogP) is 3.88. The van der Waals surface area contributed by atoms with Crippen LogP contribution in [0.25, 0.3) is 11.0 Å². The normalized spacial score (nSPS) is 11.8. The summed E-state index contributed by atoms with van der Waals surface area (Å²) >= 11 is 7.42. The van der Waals surface area contributed by atoms with E-state index in [0.717, 1.165) is 0 Å². The van der Waals surface area contributed by atoms with Crippen LogP contribution in [-0.2, 0) is 15.8 Å². The van der Waals surface area contributed by atoms with Crippen LogP contribution >= 0.6 is 23.4 Å². The first-order valence-electron chi connectivity index (χ1n) is 8.01. The number of hydrogen-bond donors (Lipinski definition) is 3. The lowest BCUT2D eigenvalue weighted by molar-refractivity contribution is 0.484. The average molecular weight is 436 g/mol. The number of fused-ring (bicyclic) bond motifs is 1. The molecule has 0 fully saturated rings. The summed E-state index contributed by atoms with van der Waals surface area (Å²) in [6.07, 6.45) is 0. The van der Waals surface area contributed by atoms with Gasteiger partial charge in [0.05, 0.1) is 11.4 Å². The molecule has 0 unspecified atom stereocenters. The number of hydrogen-bond acceptors (Lipinski definition) is 7. The molecule has 11 heteroatoms. The number of sulfonamides is 1. The number of nitrogens with two attached hydrogens (primary N) is 1. The third-order valence-electron chi connectivity index (χ3n) is 3.77. The van der Waals surface area contributed by atoms with Crippen LogP contribution in [0.5, 0.6) is 0 Å². The number of aromatic amines is 1. The van der Waals surface area contributed by atoms with Gasteiger partial charge < -0.3 is 10.2 Å². The largest absolute Gasteiger partial charge is 0.443 e. The van der Waals surface area contributed by atoms with E-state index in [1.807, 2.05) is 6.07 Å². The highest BCUT2D eigenvalue weighted by atomic mass is 35.5. The second-order valence-electron chi connectivity index (χ2n) is 5.78. The Bertz CT molecular complexity index is 1220. The molecule has 0 spiro atoms. The first-order chi connectivity index (χ1) is 13.4. The van der Waals surface area contributed by atoms with Crippen molar-refractivity contribution in [3.63, 3.8) is 0 Å². The number of nitrogens with one attached hydrogen (secondary N) is 2. The molecule has 2 heterocycles. The number of nitrogens with zero attached hydrogens (tertiary/aromatic N) is 2. The van der Waals surface area contributed by atoms with E-state index < -0.39 is 10.0 Å². The smallest absolute Gasteiger partial charge is 0.295 e. The summed E-state index contributed by atoms with van der Waals surface area (Å²) in [7, 11) is -3.94. The van der Waals surface area contributed by atoms with Crippen LogP contribution in [-0.4, -0.2) is 23.6 Å². The second kappa shape index (κ2) is 7.38. The quantitative estimate of drug-likeness (QED) is 0.392. The number of anilines is 2. The number of para-hydroxylation sites is 1. The molecule has 4 aromatic rings. The molecule has 4 N–H and O–H groups in total. The van der Waals surface area contributed by atoms with Gasteiger partial charge in [0.2, 0.25) is 11.0 Å². The van der Waals surface area contributed by atoms with Gasteiger partial charge in [-0.05, 0) is 24.3 Å². The van der Waals surface area contributed by atoms with Gasteiger partial charge in [0.1, 0.15) is 11.4 Å². The van der Waals surface area contributed by atoms with Crippen molar-refractivity contribution in [3.8, 4) is 0 Å². The fraction of sp³-hybridized carbons (Fsp3) is 0.0588. The summed E-state index contributed by atoms with van der Waals surface area (Å²) in [5, 5.41) is 7.40. The minimum absolute atomic E-state index is 0.150. The van der Waals surface area contributed by atoms with Crippen LogP contribution in [0.1, 0.15) is 5.82 Å². The first-order valence-corrected chi connectivity index (χ1v) is 10.9. The van der Waals surface area contributed by atoms with E-state index in [9.17, 15) is 8.42 Å². The predicted molar refractivity (Wildman–Crippen MR) is 109 cm³/mol. The van der Waals surface area contributed by atoms with Crippen LogP contribution in [0.3, 0.4) is 0 Å². The highest BCUT2D eigenvalue weighted by molar-refractivity contribution is 7.98. The lowest BCUT2D eigenvalue weighted by Crippen LogP contribution is -2.12. The monoisotopic (exact) mass is 435 g/mol. The van der Waals surface area contributed by atoms with Gasteiger partial charge in [-0.15, -0.1) is 16.9 Å². The fourth-order valence-electron chi connectivity index (χ4n) is 2.51. The van der Waals surface area contributed by atoms with Crippen molar-refractivity contribution in [2.75, 3.05) is 10.5 Å². The van der Waals surface area contributed by atoms with Crippen molar-refractivity contribution in [1.29, 1.82) is 0 Å². The molecule has 0 bridgehead atoms. The molecule has 0 aliphatic rings. The summed E-state index contributed by atoms with van der Waals surface area (Å²) in [4.78, 5) is 4.70. The average Bonchev–Trinajstić information content (AvgIpc) is 3.27. The van der Waals surface area contributed by atoms with E-state index in [0.29, 0.717) is 38.2 Å². The summed E-state index contributed by atoms with van der Waals surface area (Å²) in [5.41, 5.74) is 6.33. The Hall–Kier alpha value is -2.69. The van der Waals surface area contributed by atoms with Gasteiger partial charge in [0.25, 0.3) is 10.0 Å². The Morgan fingerprint density at radius 1 is 1.21 bits per heavy atom. The minimum atomic E-state index is -3.94. The maximum absolute atomic E-state index is 12.8. The van der Waals surface area contributed by atoms with Gasteiger partial charge in [-0.1, -0.05) is 29.8 Å². The molecule has 8 nitrogen and oxygen atoms in total. The maximum atomic E-state index is 12.8. The molecular weight excluding hydrogens is 422 g/mol. The molecule has 0 aliphatic carbocycles. The summed E-state index contributed by atoms with van der Waals surface area (Å²) in [5.74, 6) is 1.15. The molecule has 0 aliphatic heterocycles. The Labute approximate surface area is 169 Å². The zero-order valence-electron chi connectivity index (χ0n) is 14.2. The van der Waals surface area contributed by atoms with Crippen molar-refractivity contribution >= 4 is 56.0 Å². The number of thioether (sulfide) groups is 1.